The van der Waals surface area contributed by atoms with Crippen LogP contribution in [0.25, 0.3) is 0 Å². The van der Waals surface area contributed by atoms with Crippen LogP contribution in [0.1, 0.15) is 103 Å². The second-order valence-electron chi connectivity index (χ2n) is 11.8. The summed E-state index contributed by atoms with van der Waals surface area (Å²) in [4.78, 5) is 2.64. The van der Waals surface area contributed by atoms with E-state index in [9.17, 15) is 0 Å². The second kappa shape index (κ2) is 6.26. The number of hydrogen-bond donors (Lipinski definition) is 0. The highest BCUT2D eigenvalue weighted by atomic mass is 15.2. The van der Waals surface area contributed by atoms with Crippen LogP contribution in [0.3, 0.4) is 0 Å². The van der Waals surface area contributed by atoms with Gasteiger partial charge in [-0.3, -0.25) is 0 Å². The van der Waals surface area contributed by atoms with E-state index in [1.165, 1.54) is 55.3 Å². The number of rotatable bonds is 3. The Balaban J connectivity index is 1.56. The van der Waals surface area contributed by atoms with Crippen LogP contribution in [-0.4, -0.2) is 5.54 Å². The van der Waals surface area contributed by atoms with Gasteiger partial charge < -0.3 is 4.90 Å². The average Bonchev–Trinajstić information content (AvgIpc) is 3.34. The van der Waals surface area contributed by atoms with Gasteiger partial charge in [-0.05, 0) is 92.6 Å². The summed E-state index contributed by atoms with van der Waals surface area (Å²) in [5.41, 5.74) is 5.00. The summed E-state index contributed by atoms with van der Waals surface area (Å²) in [5, 5.41) is 0. The summed E-state index contributed by atoms with van der Waals surface area (Å²) in [6.07, 6.45) is 8.71. The van der Waals surface area contributed by atoms with Crippen molar-refractivity contribution in [3.05, 3.63) is 35.9 Å². The monoisotopic (exact) mass is 377 g/mol. The van der Waals surface area contributed by atoms with Gasteiger partial charge >= 0.3 is 0 Å². The van der Waals surface area contributed by atoms with Gasteiger partial charge in [-0.1, -0.05) is 52.3 Å². The Morgan fingerprint density at radius 3 is 2.29 bits per heavy atom. The van der Waals surface area contributed by atoms with Gasteiger partial charge in [0.05, 0.1) is 6.54 Å². The van der Waals surface area contributed by atoms with Crippen molar-refractivity contribution in [1.82, 2.24) is 0 Å². The first-order valence-electron chi connectivity index (χ1n) is 11.9. The molecule has 1 heteroatoms. The summed E-state index contributed by atoms with van der Waals surface area (Å²) in [5.74, 6) is 5.05. The molecular formula is C27H39N. The van der Waals surface area contributed by atoms with Crippen LogP contribution in [0.2, 0.25) is 0 Å². The van der Waals surface area contributed by atoms with E-state index >= 15 is 0 Å². The highest BCUT2D eigenvalue weighted by molar-refractivity contribution is 5.66. The molecule has 1 heterocycles. The Bertz CT molecular complexity index is 733. The number of nitrogens with zero attached hydrogens (tertiary/aromatic N) is 1. The van der Waals surface area contributed by atoms with E-state index in [1.54, 1.807) is 0 Å². The molecule has 0 aromatic heterocycles. The molecule has 4 fully saturated rings. The number of anilines is 1. The Kier molecular flexibility index (Phi) is 4.25. The van der Waals surface area contributed by atoms with Crippen LogP contribution in [0.5, 0.6) is 0 Å². The van der Waals surface area contributed by atoms with E-state index in [-0.39, 0.29) is 5.54 Å². The molecule has 1 saturated heterocycles. The Hall–Kier alpha value is -0.980. The molecule has 0 amide bonds. The van der Waals surface area contributed by atoms with Gasteiger partial charge in [0.2, 0.25) is 0 Å². The molecule has 5 rings (SSSR count). The molecular weight excluding hydrogens is 338 g/mol. The predicted molar refractivity (Wildman–Crippen MR) is 119 cm³/mol. The molecule has 5 atom stereocenters. The van der Waals surface area contributed by atoms with E-state index in [1.807, 2.05) is 0 Å². The molecule has 152 valence electrons. The van der Waals surface area contributed by atoms with Gasteiger partial charge in [-0.15, -0.1) is 0 Å². The van der Waals surface area contributed by atoms with Crippen LogP contribution in [0.4, 0.5) is 5.69 Å². The molecule has 1 aromatic rings. The fourth-order valence-electron chi connectivity index (χ4n) is 7.99. The normalized spacial score (nSPS) is 38.4. The largest absolute Gasteiger partial charge is 0.355 e. The van der Waals surface area contributed by atoms with Gasteiger partial charge in [0.15, 0.2) is 0 Å². The lowest BCUT2D eigenvalue weighted by Gasteiger charge is -2.40. The molecule has 4 aliphatic rings. The maximum Gasteiger partial charge on any atom is 0.0989 e. The third kappa shape index (κ3) is 2.56. The van der Waals surface area contributed by atoms with Gasteiger partial charge in [-0.2, -0.15) is 0 Å². The Morgan fingerprint density at radius 1 is 1.00 bits per heavy atom. The number of fused-ring (bicyclic) bond motifs is 6. The molecule has 28 heavy (non-hydrogen) atoms. The van der Waals surface area contributed by atoms with Gasteiger partial charge in [0.25, 0.3) is 0 Å². The van der Waals surface area contributed by atoms with Crippen molar-refractivity contribution in [3.8, 4) is 0 Å². The summed E-state index contributed by atoms with van der Waals surface area (Å²) in [6, 6.07) is 7.00. The maximum absolute atomic E-state index is 4.24. The van der Waals surface area contributed by atoms with Crippen molar-refractivity contribution in [2.75, 3.05) is 4.90 Å². The zero-order valence-electron chi connectivity index (χ0n) is 18.9. The Morgan fingerprint density at radius 2 is 1.64 bits per heavy atom. The fraction of sp³-hybridized carbons (Fsp3) is 0.741. The van der Waals surface area contributed by atoms with Gasteiger partial charge in [-0.25, -0.2) is 0 Å². The molecule has 3 aliphatic carbocycles. The first-order valence-corrected chi connectivity index (χ1v) is 11.9. The number of benzene rings is 1. The lowest BCUT2D eigenvalue weighted by atomic mass is 9.64. The SMILES string of the molecule is CC(C)c1cccc(C(C)C)c1N1[C]C2(CC3CC2C2CCCC32)CC1(C)C. The van der Waals surface area contributed by atoms with Gasteiger partial charge in [0, 0.05) is 16.6 Å². The highest BCUT2D eigenvalue weighted by Gasteiger charge is 2.65. The predicted octanol–water partition coefficient (Wildman–Crippen LogP) is 7.40. The summed E-state index contributed by atoms with van der Waals surface area (Å²) in [7, 11) is 0. The molecule has 1 nitrogen and oxygen atoms in total. The number of para-hydroxylation sites is 1. The second-order valence-corrected chi connectivity index (χ2v) is 11.8. The third-order valence-electron chi connectivity index (χ3n) is 8.89. The van der Waals surface area contributed by atoms with Crippen LogP contribution in [-0.2, 0) is 0 Å². The average molecular weight is 378 g/mol. The smallest absolute Gasteiger partial charge is 0.0989 e. The van der Waals surface area contributed by atoms with Crippen LogP contribution >= 0.6 is 0 Å². The zero-order valence-corrected chi connectivity index (χ0v) is 18.9. The minimum atomic E-state index is 0.160. The van der Waals surface area contributed by atoms with E-state index in [4.69, 9.17) is 0 Å². The van der Waals surface area contributed by atoms with E-state index in [2.05, 4.69) is 71.2 Å². The topological polar surface area (TPSA) is 3.24 Å². The first kappa shape index (κ1) is 19.0. The quantitative estimate of drug-likeness (QED) is 0.530. The molecule has 0 N–H and O–H groups in total. The maximum atomic E-state index is 4.24. The Labute approximate surface area is 173 Å². The van der Waals surface area contributed by atoms with Crippen molar-refractivity contribution in [1.29, 1.82) is 0 Å². The molecule has 5 unspecified atom stereocenters. The molecule has 3 saturated carbocycles. The molecule has 2 radical (unpaired) electrons. The lowest BCUT2D eigenvalue weighted by molar-refractivity contribution is 0.110. The molecule has 1 aliphatic heterocycles. The van der Waals surface area contributed by atoms with Crippen molar-refractivity contribution in [2.24, 2.45) is 29.1 Å². The van der Waals surface area contributed by atoms with Crippen LogP contribution < -0.4 is 4.90 Å². The van der Waals surface area contributed by atoms with Crippen LogP contribution in [0, 0.1) is 35.6 Å². The molecule has 1 aromatic carbocycles. The van der Waals surface area contributed by atoms with E-state index in [0.29, 0.717) is 17.3 Å². The minimum absolute atomic E-state index is 0.160. The zero-order chi connectivity index (χ0) is 19.8. The summed E-state index contributed by atoms with van der Waals surface area (Å²) in [6.45, 7) is 18.6. The van der Waals surface area contributed by atoms with E-state index < -0.39 is 0 Å². The van der Waals surface area contributed by atoms with Crippen LogP contribution in [0.15, 0.2) is 18.2 Å². The fourth-order valence-corrected chi connectivity index (χ4v) is 7.99. The summed E-state index contributed by atoms with van der Waals surface area (Å²) >= 11 is 0. The molecule has 1 spiro atoms. The summed E-state index contributed by atoms with van der Waals surface area (Å²) < 4.78 is 0. The van der Waals surface area contributed by atoms with Crippen molar-refractivity contribution in [3.63, 3.8) is 0 Å². The minimum Gasteiger partial charge on any atom is -0.355 e. The standard InChI is InChI=1S/C27H39N/c1-17(2)20-9-7-10-21(18(3)4)25(20)28-16-27(15-26(28,5)6)14-19-13-24(27)23-12-8-11-22(19)23/h7,9-10,17-19,22-24H,8,11-15H2,1-6H3. The van der Waals surface area contributed by atoms with Crippen molar-refractivity contribution >= 4 is 5.69 Å². The van der Waals surface area contributed by atoms with Crippen molar-refractivity contribution < 1.29 is 0 Å². The highest BCUT2D eigenvalue weighted by Crippen LogP contribution is 2.71. The third-order valence-corrected chi connectivity index (χ3v) is 8.89. The molecule has 2 bridgehead atoms. The van der Waals surface area contributed by atoms with Crippen molar-refractivity contribution in [2.45, 2.75) is 97.4 Å². The van der Waals surface area contributed by atoms with Gasteiger partial charge in [0.1, 0.15) is 0 Å². The van der Waals surface area contributed by atoms with E-state index in [0.717, 1.165) is 23.7 Å². The lowest BCUT2D eigenvalue weighted by Crippen LogP contribution is -2.37. The number of hydrogen-bond acceptors (Lipinski definition) is 1. The first-order chi connectivity index (χ1) is 13.2.